The Morgan fingerprint density at radius 3 is 2.38 bits per heavy atom. The first kappa shape index (κ1) is 34.0. The first-order valence-corrected chi connectivity index (χ1v) is 16.7. The van der Waals surface area contributed by atoms with Crippen LogP contribution in [0.5, 0.6) is 11.5 Å². The van der Waals surface area contributed by atoms with Crippen LogP contribution in [-0.4, -0.2) is 42.2 Å². The van der Waals surface area contributed by atoms with Gasteiger partial charge in [0.25, 0.3) is 11.8 Å². The molecule has 0 bridgehead atoms. The van der Waals surface area contributed by atoms with E-state index in [-0.39, 0.29) is 11.6 Å². The van der Waals surface area contributed by atoms with Crippen LogP contribution in [0.4, 0.5) is 10.8 Å². The van der Waals surface area contributed by atoms with Crippen molar-refractivity contribution in [3.05, 3.63) is 125 Å². The highest BCUT2D eigenvalue weighted by atomic mass is 32.2. The summed E-state index contributed by atoms with van der Waals surface area (Å²) in [6.45, 7) is 3.84. The molecule has 1 unspecified atom stereocenters. The number of ether oxygens (including phenoxy) is 2. The van der Waals surface area contributed by atoms with Gasteiger partial charge in [0, 0.05) is 32.7 Å². The number of nitrogens with zero attached hydrogens (tertiary/aromatic N) is 1. The number of hydrogen-bond acceptors (Lipinski definition) is 8. The molecule has 0 aliphatic carbocycles. The van der Waals surface area contributed by atoms with Gasteiger partial charge < -0.3 is 25.4 Å². The van der Waals surface area contributed by atoms with Crippen molar-refractivity contribution in [2.75, 3.05) is 24.9 Å². The summed E-state index contributed by atoms with van der Waals surface area (Å²) in [7, 11) is 3.06. The zero-order chi connectivity index (χ0) is 34.0. The van der Waals surface area contributed by atoms with Gasteiger partial charge in [-0.2, -0.15) is 0 Å². The minimum Gasteiger partial charge on any atom is -0.497 e. The predicted molar refractivity (Wildman–Crippen MR) is 193 cm³/mol. The van der Waals surface area contributed by atoms with Crippen LogP contribution < -0.4 is 25.4 Å². The fourth-order valence-corrected chi connectivity index (χ4v) is 6.20. The Bertz CT molecular complexity index is 1940. The number of hydrogen-bond donors (Lipinski definition) is 3. The number of thiazole rings is 1. The van der Waals surface area contributed by atoms with Crippen LogP contribution in [0.1, 0.15) is 28.4 Å². The Morgan fingerprint density at radius 1 is 0.875 bits per heavy atom. The van der Waals surface area contributed by atoms with Crippen LogP contribution in [0.2, 0.25) is 0 Å². The monoisotopic (exact) mass is 678 g/mol. The van der Waals surface area contributed by atoms with Crippen molar-refractivity contribution >= 4 is 57.7 Å². The molecule has 1 heterocycles. The third kappa shape index (κ3) is 8.90. The average Bonchev–Trinajstić information content (AvgIpc) is 3.57. The lowest BCUT2D eigenvalue weighted by atomic mass is 10.1. The zero-order valence-electron chi connectivity index (χ0n) is 26.8. The van der Waals surface area contributed by atoms with E-state index in [2.05, 4.69) is 20.9 Å². The molecule has 0 spiro atoms. The highest BCUT2D eigenvalue weighted by molar-refractivity contribution is 8.00. The van der Waals surface area contributed by atoms with E-state index in [1.165, 1.54) is 43.4 Å². The van der Waals surface area contributed by atoms with Crippen molar-refractivity contribution in [1.29, 1.82) is 0 Å². The van der Waals surface area contributed by atoms with Crippen molar-refractivity contribution < 1.29 is 23.9 Å². The quantitative estimate of drug-likeness (QED) is 0.0916. The second kappa shape index (κ2) is 15.9. The molecule has 48 heavy (non-hydrogen) atoms. The van der Waals surface area contributed by atoms with Crippen LogP contribution in [0.25, 0.3) is 17.3 Å². The summed E-state index contributed by atoms with van der Waals surface area (Å²) in [6.07, 6.45) is 1.53. The third-order valence-corrected chi connectivity index (χ3v) is 8.97. The minimum absolute atomic E-state index is 0.00494. The third-order valence-electron chi connectivity index (χ3n) is 7.12. The van der Waals surface area contributed by atoms with Crippen LogP contribution >= 0.6 is 23.1 Å². The van der Waals surface area contributed by atoms with Gasteiger partial charge in [0.15, 0.2) is 5.13 Å². The van der Waals surface area contributed by atoms with Crippen molar-refractivity contribution in [1.82, 2.24) is 10.3 Å². The van der Waals surface area contributed by atoms with E-state index in [4.69, 9.17) is 9.47 Å². The van der Waals surface area contributed by atoms with E-state index in [0.29, 0.717) is 33.4 Å². The number of aromatic nitrogens is 1. The van der Waals surface area contributed by atoms with E-state index >= 15 is 0 Å². The summed E-state index contributed by atoms with van der Waals surface area (Å²) in [4.78, 5) is 45.2. The smallest absolute Gasteiger partial charge is 0.272 e. The molecule has 4 aromatic carbocycles. The maximum Gasteiger partial charge on any atom is 0.272 e. The Kier molecular flexibility index (Phi) is 11.3. The fraction of sp³-hybridized carbons (Fsp3) is 0.135. The van der Waals surface area contributed by atoms with Crippen LogP contribution in [-0.2, 0) is 9.59 Å². The minimum atomic E-state index is -0.551. The molecule has 0 aliphatic rings. The summed E-state index contributed by atoms with van der Waals surface area (Å²) < 4.78 is 10.8. The normalized spacial score (nSPS) is 11.7. The summed E-state index contributed by atoms with van der Waals surface area (Å²) in [5.74, 6) is -0.148. The summed E-state index contributed by atoms with van der Waals surface area (Å²) in [6, 6.07) is 29.0. The molecule has 9 nitrogen and oxygen atoms in total. The van der Waals surface area contributed by atoms with Crippen molar-refractivity contribution in [2.24, 2.45) is 0 Å². The number of nitrogens with one attached hydrogen (secondary N) is 3. The Morgan fingerprint density at radius 2 is 1.65 bits per heavy atom. The van der Waals surface area contributed by atoms with E-state index in [1.54, 1.807) is 73.7 Å². The number of carbonyl (C=O) groups excluding carboxylic acids is 3. The van der Waals surface area contributed by atoms with Crippen molar-refractivity contribution in [3.63, 3.8) is 0 Å². The molecule has 244 valence electrons. The Labute approximate surface area is 287 Å². The summed E-state index contributed by atoms with van der Waals surface area (Å²) in [5.41, 5.74) is 4.36. The number of amides is 3. The summed E-state index contributed by atoms with van der Waals surface area (Å²) >= 11 is 2.71. The van der Waals surface area contributed by atoms with Gasteiger partial charge in [0.1, 0.15) is 17.2 Å². The number of rotatable bonds is 12. The molecular formula is C37H34N4O5S2. The first-order valence-electron chi connectivity index (χ1n) is 14.9. The lowest BCUT2D eigenvalue weighted by Gasteiger charge is -2.14. The second-order valence-electron chi connectivity index (χ2n) is 10.6. The molecule has 0 saturated carbocycles. The molecule has 0 fully saturated rings. The summed E-state index contributed by atoms with van der Waals surface area (Å²) in [5, 5.41) is 10.5. The van der Waals surface area contributed by atoms with Crippen molar-refractivity contribution in [2.45, 2.75) is 24.0 Å². The van der Waals surface area contributed by atoms with Gasteiger partial charge in [-0.1, -0.05) is 54.1 Å². The number of aryl methyl sites for hydroxylation is 1. The van der Waals surface area contributed by atoms with E-state index < -0.39 is 17.1 Å². The number of methoxy groups -OCH3 is 2. The molecule has 5 aromatic rings. The van der Waals surface area contributed by atoms with Crippen LogP contribution in [0, 0.1) is 6.92 Å². The lowest BCUT2D eigenvalue weighted by Crippen LogP contribution is -2.30. The molecule has 0 aliphatic heterocycles. The Balaban J connectivity index is 1.29. The molecule has 1 atom stereocenters. The molecule has 1 aromatic heterocycles. The SMILES string of the molecule is COc1ccc(OC)c(/C=C(/NC(=O)c2ccccc2)C(=O)Nc2cccc(SC(C)C(=O)Nc3nc(-c4ccc(C)cc4)cs3)c2)c1. The number of benzene rings is 4. The maximum absolute atomic E-state index is 13.7. The standard InChI is InChI=1S/C37H34N4O5S2/c1-23-13-15-25(16-14-23)32-22-47-37(40-32)41-34(42)24(2)48-30-12-8-11-28(21-30)38-36(44)31(39-35(43)26-9-6-5-7-10-26)20-27-19-29(45-3)17-18-33(27)46-4/h5-22,24H,1-4H3,(H,38,44)(H,39,43)(H,40,41,42)/b31-20+. The lowest BCUT2D eigenvalue weighted by molar-refractivity contribution is -0.115. The number of anilines is 2. The maximum atomic E-state index is 13.7. The first-order chi connectivity index (χ1) is 23.2. The van der Waals surface area contributed by atoms with Gasteiger partial charge in [0.2, 0.25) is 5.91 Å². The predicted octanol–water partition coefficient (Wildman–Crippen LogP) is 7.66. The van der Waals surface area contributed by atoms with Crippen LogP contribution in [0.3, 0.4) is 0 Å². The molecule has 0 radical (unpaired) electrons. The fourth-order valence-electron chi connectivity index (χ4n) is 4.55. The Hall–Kier alpha value is -5.39. The van der Waals surface area contributed by atoms with E-state index in [9.17, 15) is 14.4 Å². The van der Waals surface area contributed by atoms with Gasteiger partial charge in [-0.05, 0) is 68.5 Å². The molecule has 3 amide bonds. The topological polar surface area (TPSA) is 119 Å². The second-order valence-corrected chi connectivity index (χ2v) is 12.9. The highest BCUT2D eigenvalue weighted by Crippen LogP contribution is 2.30. The largest absolute Gasteiger partial charge is 0.497 e. The van der Waals surface area contributed by atoms with Crippen LogP contribution in [0.15, 0.2) is 113 Å². The van der Waals surface area contributed by atoms with Crippen molar-refractivity contribution in [3.8, 4) is 22.8 Å². The van der Waals surface area contributed by atoms with Gasteiger partial charge in [-0.15, -0.1) is 23.1 Å². The average molecular weight is 679 g/mol. The zero-order valence-corrected chi connectivity index (χ0v) is 28.4. The van der Waals surface area contributed by atoms with Gasteiger partial charge in [0.05, 0.1) is 25.2 Å². The van der Waals surface area contributed by atoms with E-state index in [1.807, 2.05) is 42.6 Å². The molecule has 3 N–H and O–H groups in total. The number of thioether (sulfide) groups is 1. The van der Waals surface area contributed by atoms with Gasteiger partial charge in [-0.3, -0.25) is 14.4 Å². The van der Waals surface area contributed by atoms with Gasteiger partial charge in [-0.25, -0.2) is 4.98 Å². The van der Waals surface area contributed by atoms with Gasteiger partial charge >= 0.3 is 0 Å². The highest BCUT2D eigenvalue weighted by Gasteiger charge is 2.19. The van der Waals surface area contributed by atoms with E-state index in [0.717, 1.165) is 21.7 Å². The number of carbonyl (C=O) groups is 3. The molecule has 0 saturated heterocycles. The molecular weight excluding hydrogens is 645 g/mol. The molecule has 5 rings (SSSR count). The molecule has 11 heteroatoms.